The SMILES string of the molecule is [N-]=[N+]=NCc1ccccc1C[C@@]1(C(=O)Nc2ccccc2)N=C(c2ccc(OCCCO)cc2)O[C@@H]1c1ccccc1N=[N+]=[N-]. The number of amides is 1. The number of azide groups is 2. The van der Waals surface area contributed by atoms with Gasteiger partial charge in [-0.2, -0.15) is 0 Å². The van der Waals surface area contributed by atoms with E-state index < -0.39 is 17.6 Å². The molecule has 2 N–H and O–H groups in total. The van der Waals surface area contributed by atoms with Crippen LogP contribution in [0.15, 0.2) is 118 Å². The van der Waals surface area contributed by atoms with E-state index in [2.05, 4.69) is 25.4 Å². The molecule has 1 heterocycles. The molecule has 4 aromatic carbocycles. The number of aliphatic hydroxyl groups excluding tert-OH is 1. The molecule has 0 aliphatic carbocycles. The number of aliphatic imine (C=N–C) groups is 1. The number of carbonyl (C=O) groups excluding carboxylic acids is 1. The van der Waals surface area contributed by atoms with Gasteiger partial charge < -0.3 is 19.9 Å². The quantitative estimate of drug-likeness (QED) is 0.0704. The number of anilines is 1. The van der Waals surface area contributed by atoms with Crippen LogP contribution in [0.25, 0.3) is 20.9 Å². The lowest BCUT2D eigenvalue weighted by molar-refractivity contribution is -0.123. The number of nitrogens with zero attached hydrogens (tertiary/aromatic N) is 7. The van der Waals surface area contributed by atoms with Gasteiger partial charge in [0.25, 0.3) is 5.91 Å². The van der Waals surface area contributed by atoms with E-state index in [1.807, 2.05) is 42.5 Å². The molecule has 1 amide bonds. The summed E-state index contributed by atoms with van der Waals surface area (Å²) in [5.41, 5.74) is 20.2. The van der Waals surface area contributed by atoms with Crippen LogP contribution in [0.5, 0.6) is 5.75 Å². The highest BCUT2D eigenvalue weighted by Crippen LogP contribution is 2.46. The molecule has 4 aromatic rings. The molecular weight excluding hydrogens is 572 g/mol. The van der Waals surface area contributed by atoms with Gasteiger partial charge in [0, 0.05) is 51.8 Å². The molecule has 2 atom stereocenters. The predicted octanol–water partition coefficient (Wildman–Crippen LogP) is 7.34. The summed E-state index contributed by atoms with van der Waals surface area (Å²) in [6.45, 7) is 0.475. The summed E-state index contributed by atoms with van der Waals surface area (Å²) in [6.07, 6.45) is -0.431. The zero-order valence-electron chi connectivity index (χ0n) is 24.2. The second-order valence-electron chi connectivity index (χ2n) is 10.2. The molecule has 1 aliphatic rings. The Balaban J connectivity index is 1.67. The van der Waals surface area contributed by atoms with Gasteiger partial charge in [-0.25, -0.2) is 4.99 Å². The van der Waals surface area contributed by atoms with Gasteiger partial charge in [0.05, 0.1) is 13.2 Å². The molecule has 0 fully saturated rings. The van der Waals surface area contributed by atoms with E-state index >= 15 is 0 Å². The van der Waals surface area contributed by atoms with Gasteiger partial charge in [-0.3, -0.25) is 4.79 Å². The first-order valence-electron chi connectivity index (χ1n) is 14.3. The lowest BCUT2D eigenvalue weighted by Crippen LogP contribution is -2.47. The van der Waals surface area contributed by atoms with E-state index in [1.165, 1.54) is 0 Å². The fraction of sp³-hybridized carbons (Fsp3) is 0.212. The van der Waals surface area contributed by atoms with Crippen LogP contribution in [-0.4, -0.2) is 35.7 Å². The first-order valence-corrected chi connectivity index (χ1v) is 14.3. The van der Waals surface area contributed by atoms with Gasteiger partial charge in [0.1, 0.15) is 5.75 Å². The summed E-state index contributed by atoms with van der Waals surface area (Å²) >= 11 is 0. The zero-order valence-corrected chi connectivity index (χ0v) is 24.2. The first-order chi connectivity index (χ1) is 22.1. The van der Waals surface area contributed by atoms with Crippen molar-refractivity contribution in [3.05, 3.63) is 146 Å². The average Bonchev–Trinajstić information content (AvgIpc) is 3.46. The molecular formula is C33H30N8O4. The van der Waals surface area contributed by atoms with E-state index in [0.717, 1.165) is 11.1 Å². The predicted molar refractivity (Wildman–Crippen MR) is 170 cm³/mol. The topological polar surface area (TPSA) is 178 Å². The molecule has 0 unspecified atom stereocenters. The van der Waals surface area contributed by atoms with Crippen molar-refractivity contribution in [2.75, 3.05) is 18.5 Å². The molecule has 1 aliphatic heterocycles. The van der Waals surface area contributed by atoms with E-state index in [4.69, 9.17) is 25.1 Å². The summed E-state index contributed by atoms with van der Waals surface area (Å²) in [5.74, 6) is 0.386. The number of para-hydroxylation sites is 1. The van der Waals surface area contributed by atoms with E-state index in [0.29, 0.717) is 41.3 Å². The van der Waals surface area contributed by atoms with Gasteiger partial charge in [-0.05, 0) is 58.6 Å². The van der Waals surface area contributed by atoms with Crippen molar-refractivity contribution in [3.63, 3.8) is 0 Å². The number of aliphatic hydroxyl groups is 1. The summed E-state index contributed by atoms with van der Waals surface area (Å²) in [6, 6.07) is 30.4. The van der Waals surface area contributed by atoms with Crippen molar-refractivity contribution in [3.8, 4) is 5.75 Å². The molecule has 5 rings (SSSR count). The fourth-order valence-electron chi connectivity index (χ4n) is 5.15. The summed E-state index contributed by atoms with van der Waals surface area (Å²) in [7, 11) is 0. The van der Waals surface area contributed by atoms with Crippen molar-refractivity contribution in [2.24, 2.45) is 15.2 Å². The molecule has 12 heteroatoms. The number of rotatable bonds is 13. The number of benzene rings is 4. The smallest absolute Gasteiger partial charge is 0.257 e. The highest BCUT2D eigenvalue weighted by Gasteiger charge is 2.54. The first kappa shape index (κ1) is 30.7. The van der Waals surface area contributed by atoms with E-state index in [1.54, 1.807) is 60.7 Å². The summed E-state index contributed by atoms with van der Waals surface area (Å²) < 4.78 is 12.3. The largest absolute Gasteiger partial charge is 0.494 e. The van der Waals surface area contributed by atoms with E-state index in [-0.39, 0.29) is 25.5 Å². The van der Waals surface area contributed by atoms with E-state index in [9.17, 15) is 10.3 Å². The third-order valence-electron chi connectivity index (χ3n) is 7.32. The minimum Gasteiger partial charge on any atom is -0.494 e. The maximum atomic E-state index is 14.6. The number of carbonyl (C=O) groups is 1. The van der Waals surface area contributed by atoms with Crippen LogP contribution in [0.3, 0.4) is 0 Å². The molecule has 0 bridgehead atoms. The lowest BCUT2D eigenvalue weighted by Gasteiger charge is -2.32. The van der Waals surface area contributed by atoms with Gasteiger partial charge in [0.15, 0.2) is 11.6 Å². The normalized spacial score (nSPS) is 16.8. The van der Waals surface area contributed by atoms with Crippen molar-refractivity contribution < 1.29 is 19.4 Å². The van der Waals surface area contributed by atoms with Gasteiger partial charge in [0.2, 0.25) is 5.90 Å². The average molecular weight is 603 g/mol. The number of hydrogen-bond acceptors (Lipinski definition) is 7. The van der Waals surface area contributed by atoms with Gasteiger partial charge >= 0.3 is 0 Å². The second-order valence-corrected chi connectivity index (χ2v) is 10.2. The van der Waals surface area contributed by atoms with Crippen molar-refractivity contribution in [1.29, 1.82) is 0 Å². The Bertz CT molecular complexity index is 1770. The Hall–Kier alpha value is -5.80. The monoisotopic (exact) mass is 602 g/mol. The van der Waals surface area contributed by atoms with Crippen LogP contribution in [0.4, 0.5) is 11.4 Å². The Morgan fingerprint density at radius 1 is 0.933 bits per heavy atom. The van der Waals surface area contributed by atoms with Crippen molar-refractivity contribution in [2.45, 2.75) is 31.0 Å². The van der Waals surface area contributed by atoms with Crippen LogP contribution < -0.4 is 10.1 Å². The standard InChI is InChI=1S/C33H30N8O4/c34-40-36-22-25-10-5-4-9-24(25)21-33(32(43)37-26-11-2-1-3-12-26)30(28-13-6-7-14-29(28)39-41-35)45-31(38-33)23-15-17-27(18-16-23)44-20-8-19-42/h1-7,9-18,30,42H,8,19-22H2,(H,37,43)/t30-,33-/m1/s1. The molecule has 0 saturated heterocycles. The minimum absolute atomic E-state index is 0.0283. The lowest BCUT2D eigenvalue weighted by atomic mass is 9.80. The minimum atomic E-state index is -1.59. The van der Waals surface area contributed by atoms with Crippen LogP contribution in [0, 0.1) is 0 Å². The van der Waals surface area contributed by atoms with Gasteiger partial charge in [-0.1, -0.05) is 77.0 Å². The third-order valence-corrected chi connectivity index (χ3v) is 7.32. The van der Waals surface area contributed by atoms with Crippen LogP contribution in [0.1, 0.15) is 34.8 Å². The summed E-state index contributed by atoms with van der Waals surface area (Å²) in [5, 5.41) is 19.7. The fourth-order valence-corrected chi connectivity index (χ4v) is 5.15. The van der Waals surface area contributed by atoms with Crippen LogP contribution in [0.2, 0.25) is 0 Å². The molecule has 226 valence electrons. The highest BCUT2D eigenvalue weighted by molar-refractivity contribution is 6.05. The molecule has 45 heavy (non-hydrogen) atoms. The Kier molecular flexibility index (Phi) is 9.94. The Morgan fingerprint density at radius 3 is 2.38 bits per heavy atom. The second kappa shape index (κ2) is 14.6. The third kappa shape index (κ3) is 7.06. The number of ether oxygens (including phenoxy) is 2. The molecule has 0 saturated carbocycles. The maximum Gasteiger partial charge on any atom is 0.257 e. The maximum absolute atomic E-state index is 14.6. The molecule has 0 spiro atoms. The van der Waals surface area contributed by atoms with Crippen molar-refractivity contribution >= 4 is 23.2 Å². The highest BCUT2D eigenvalue weighted by atomic mass is 16.5. The van der Waals surface area contributed by atoms with Crippen LogP contribution >= 0.6 is 0 Å². The van der Waals surface area contributed by atoms with Crippen LogP contribution in [-0.2, 0) is 22.5 Å². The van der Waals surface area contributed by atoms with Gasteiger partial charge in [-0.15, -0.1) is 0 Å². The Labute approximate surface area is 259 Å². The summed E-state index contributed by atoms with van der Waals surface area (Å²) in [4.78, 5) is 25.5. The molecule has 0 radical (unpaired) electrons. The number of nitrogens with one attached hydrogen (secondary N) is 1. The Morgan fingerprint density at radius 2 is 1.64 bits per heavy atom. The van der Waals surface area contributed by atoms with Crippen molar-refractivity contribution in [1.82, 2.24) is 0 Å². The molecule has 0 aromatic heterocycles. The zero-order chi connectivity index (χ0) is 31.5. The number of hydrogen-bond donors (Lipinski definition) is 2. The molecule has 12 nitrogen and oxygen atoms in total.